The molecule has 0 bridgehead atoms. The average molecular weight is 284 g/mol. The van der Waals surface area contributed by atoms with Gasteiger partial charge in [0.1, 0.15) is 0 Å². The van der Waals surface area contributed by atoms with Crippen molar-refractivity contribution in [3.8, 4) is 0 Å². The number of nitrogens with one attached hydrogen (secondary N) is 1. The quantitative estimate of drug-likeness (QED) is 0.935. The van der Waals surface area contributed by atoms with Gasteiger partial charge < -0.3 is 5.32 Å². The van der Waals surface area contributed by atoms with Gasteiger partial charge in [0.05, 0.1) is 0 Å². The Morgan fingerprint density at radius 1 is 1.06 bits per heavy atom. The minimum absolute atomic E-state index is 0.0517. The molecule has 0 unspecified atom stereocenters. The number of hydrogen-bond donors (Lipinski definition) is 1. The van der Waals surface area contributed by atoms with Crippen molar-refractivity contribution in [3.63, 3.8) is 0 Å². The van der Waals surface area contributed by atoms with E-state index in [1.165, 1.54) is 6.07 Å². The van der Waals surface area contributed by atoms with E-state index in [0.717, 1.165) is 11.9 Å². The first-order valence-corrected chi connectivity index (χ1v) is 7.28. The Morgan fingerprint density at radius 3 is 2.22 bits per heavy atom. The van der Waals surface area contributed by atoms with Crippen LogP contribution in [0.1, 0.15) is 0 Å². The zero-order chi connectivity index (χ0) is 13.2. The van der Waals surface area contributed by atoms with Crippen molar-refractivity contribution in [2.24, 2.45) is 0 Å². The third-order valence-corrected chi connectivity index (χ3v) is 3.37. The molecule has 5 nitrogen and oxygen atoms in total. The van der Waals surface area contributed by atoms with Gasteiger partial charge in [0, 0.05) is 17.0 Å². The van der Waals surface area contributed by atoms with Crippen LogP contribution < -0.4 is 5.32 Å². The number of hydrogen-bond acceptors (Lipinski definition) is 5. The first-order valence-electron chi connectivity index (χ1n) is 5.01. The van der Waals surface area contributed by atoms with Crippen LogP contribution in [-0.2, 0) is 9.84 Å². The van der Waals surface area contributed by atoms with Crippen LogP contribution in [0.2, 0.25) is 5.02 Å². The van der Waals surface area contributed by atoms with Crippen LogP contribution in [0.5, 0.6) is 0 Å². The summed E-state index contributed by atoms with van der Waals surface area (Å²) in [6, 6.07) is 10.0. The molecular weight excluding hydrogens is 274 g/mol. The Morgan fingerprint density at radius 2 is 1.72 bits per heavy atom. The molecule has 0 saturated carbocycles. The van der Waals surface area contributed by atoms with E-state index in [4.69, 9.17) is 11.6 Å². The van der Waals surface area contributed by atoms with Crippen molar-refractivity contribution < 1.29 is 8.42 Å². The summed E-state index contributed by atoms with van der Waals surface area (Å²) in [5, 5.41) is 11.0. The maximum absolute atomic E-state index is 11.2. The van der Waals surface area contributed by atoms with E-state index >= 15 is 0 Å². The molecule has 0 atom stereocenters. The fourth-order valence-electron chi connectivity index (χ4n) is 1.27. The standard InChI is InChI=1S/C11H10ClN3O2S/c1-18(16,17)11-7-6-10(14-15-11)13-9-4-2-8(12)3-5-9/h2-7H,1H3,(H,13,14). The first kappa shape index (κ1) is 12.8. The lowest BCUT2D eigenvalue weighted by Gasteiger charge is -2.05. The van der Waals surface area contributed by atoms with Crippen LogP contribution in [0, 0.1) is 0 Å². The average Bonchev–Trinajstić information content (AvgIpc) is 2.32. The van der Waals surface area contributed by atoms with Gasteiger partial charge in [-0.05, 0) is 36.4 Å². The van der Waals surface area contributed by atoms with Crippen molar-refractivity contribution in [3.05, 3.63) is 41.4 Å². The summed E-state index contributed by atoms with van der Waals surface area (Å²) < 4.78 is 22.4. The minimum Gasteiger partial charge on any atom is -0.339 e. The Bertz CT molecular complexity index is 639. The molecule has 0 aliphatic heterocycles. The van der Waals surface area contributed by atoms with Gasteiger partial charge in [-0.3, -0.25) is 0 Å². The molecule has 0 saturated heterocycles. The number of nitrogens with zero attached hydrogens (tertiary/aromatic N) is 2. The molecule has 0 spiro atoms. The van der Waals surface area contributed by atoms with Gasteiger partial charge in [-0.25, -0.2) is 8.42 Å². The highest BCUT2D eigenvalue weighted by Crippen LogP contribution is 2.17. The maximum Gasteiger partial charge on any atom is 0.194 e. The fraction of sp³-hybridized carbons (Fsp3) is 0.0909. The summed E-state index contributed by atoms with van der Waals surface area (Å²) >= 11 is 5.76. The molecule has 7 heteroatoms. The molecule has 0 amide bonds. The Kier molecular flexibility index (Phi) is 3.49. The number of benzene rings is 1. The smallest absolute Gasteiger partial charge is 0.194 e. The minimum atomic E-state index is -3.32. The van der Waals surface area contributed by atoms with Crippen molar-refractivity contribution in [2.75, 3.05) is 11.6 Å². The van der Waals surface area contributed by atoms with E-state index in [1.54, 1.807) is 30.3 Å². The van der Waals surface area contributed by atoms with E-state index in [2.05, 4.69) is 15.5 Å². The van der Waals surface area contributed by atoms with Gasteiger partial charge in [-0.1, -0.05) is 11.6 Å². The van der Waals surface area contributed by atoms with Crippen molar-refractivity contribution in [1.29, 1.82) is 0 Å². The molecule has 2 rings (SSSR count). The summed E-state index contributed by atoms with van der Waals surface area (Å²) in [4.78, 5) is 0. The second-order valence-electron chi connectivity index (χ2n) is 3.66. The van der Waals surface area contributed by atoms with Crippen LogP contribution in [0.25, 0.3) is 0 Å². The molecular formula is C11H10ClN3O2S. The molecule has 0 radical (unpaired) electrons. The fourth-order valence-corrected chi connectivity index (χ4v) is 1.90. The molecule has 1 N–H and O–H groups in total. The molecule has 1 aromatic carbocycles. The largest absolute Gasteiger partial charge is 0.339 e. The van der Waals surface area contributed by atoms with E-state index < -0.39 is 9.84 Å². The van der Waals surface area contributed by atoms with E-state index in [-0.39, 0.29) is 5.03 Å². The highest BCUT2D eigenvalue weighted by atomic mass is 35.5. The predicted octanol–water partition coefficient (Wildman–Crippen LogP) is 2.28. The zero-order valence-corrected chi connectivity index (χ0v) is 11.0. The number of aromatic nitrogens is 2. The summed E-state index contributed by atoms with van der Waals surface area (Å²) in [7, 11) is -3.32. The molecule has 0 aliphatic rings. The summed E-state index contributed by atoms with van der Waals surface area (Å²) in [6.45, 7) is 0. The SMILES string of the molecule is CS(=O)(=O)c1ccc(Nc2ccc(Cl)cc2)nn1. The van der Waals surface area contributed by atoms with Crippen molar-refractivity contribution >= 4 is 32.9 Å². The first-order chi connectivity index (χ1) is 8.45. The molecule has 2 aromatic rings. The third-order valence-electron chi connectivity index (χ3n) is 2.14. The monoisotopic (exact) mass is 283 g/mol. The van der Waals surface area contributed by atoms with Gasteiger partial charge in [0.25, 0.3) is 0 Å². The lowest BCUT2D eigenvalue weighted by Crippen LogP contribution is -2.03. The summed E-state index contributed by atoms with van der Waals surface area (Å²) in [6.07, 6.45) is 1.09. The number of rotatable bonds is 3. The molecule has 1 heterocycles. The van der Waals surface area contributed by atoms with Gasteiger partial charge in [0.15, 0.2) is 20.7 Å². The molecule has 1 aromatic heterocycles. The lowest BCUT2D eigenvalue weighted by atomic mass is 10.3. The van der Waals surface area contributed by atoms with Gasteiger partial charge in [0.2, 0.25) is 0 Å². The van der Waals surface area contributed by atoms with Crippen molar-refractivity contribution in [1.82, 2.24) is 10.2 Å². The molecule has 0 aliphatic carbocycles. The number of anilines is 2. The summed E-state index contributed by atoms with van der Waals surface area (Å²) in [5.74, 6) is 0.463. The Hall–Kier alpha value is -1.66. The van der Waals surface area contributed by atoms with Crippen molar-refractivity contribution in [2.45, 2.75) is 5.03 Å². The van der Waals surface area contributed by atoms with Gasteiger partial charge in [-0.15, -0.1) is 10.2 Å². The van der Waals surface area contributed by atoms with Crippen LogP contribution in [0.4, 0.5) is 11.5 Å². The lowest BCUT2D eigenvalue weighted by molar-refractivity contribution is 0.596. The van der Waals surface area contributed by atoms with Crippen LogP contribution in [-0.4, -0.2) is 24.9 Å². The summed E-state index contributed by atoms with van der Waals surface area (Å²) in [5.41, 5.74) is 0.792. The third kappa shape index (κ3) is 3.18. The van der Waals surface area contributed by atoms with E-state index in [9.17, 15) is 8.42 Å². The number of halogens is 1. The second kappa shape index (κ2) is 4.91. The Balaban J connectivity index is 2.18. The Labute approximate surface area is 110 Å². The maximum atomic E-state index is 11.2. The van der Waals surface area contributed by atoms with Gasteiger partial charge >= 0.3 is 0 Å². The van der Waals surface area contributed by atoms with Crippen LogP contribution in [0.15, 0.2) is 41.4 Å². The highest BCUT2D eigenvalue weighted by molar-refractivity contribution is 7.90. The highest BCUT2D eigenvalue weighted by Gasteiger charge is 2.09. The normalized spacial score (nSPS) is 11.2. The second-order valence-corrected chi connectivity index (χ2v) is 6.06. The van der Waals surface area contributed by atoms with Gasteiger partial charge in [-0.2, -0.15) is 0 Å². The van der Waals surface area contributed by atoms with E-state index in [1.807, 2.05) is 0 Å². The number of sulfone groups is 1. The predicted molar refractivity (Wildman–Crippen MR) is 69.9 cm³/mol. The van der Waals surface area contributed by atoms with E-state index in [0.29, 0.717) is 10.8 Å². The topological polar surface area (TPSA) is 72.0 Å². The zero-order valence-electron chi connectivity index (χ0n) is 9.46. The molecule has 94 valence electrons. The molecule has 0 fully saturated rings. The van der Waals surface area contributed by atoms with Crippen LogP contribution in [0.3, 0.4) is 0 Å². The van der Waals surface area contributed by atoms with Crippen LogP contribution >= 0.6 is 11.6 Å². The molecule has 18 heavy (non-hydrogen) atoms.